The van der Waals surface area contributed by atoms with E-state index in [0.29, 0.717) is 30.9 Å². The van der Waals surface area contributed by atoms with Crippen molar-refractivity contribution in [1.82, 2.24) is 14.8 Å². The highest BCUT2D eigenvalue weighted by molar-refractivity contribution is 8.93. The van der Waals surface area contributed by atoms with Crippen LogP contribution in [0.3, 0.4) is 0 Å². The van der Waals surface area contributed by atoms with Gasteiger partial charge < -0.3 is 20.7 Å². The van der Waals surface area contributed by atoms with E-state index in [1.807, 2.05) is 12.1 Å². The van der Waals surface area contributed by atoms with Gasteiger partial charge in [-0.2, -0.15) is 0 Å². The number of carbonyl (C=O) groups excluding carboxylic acids is 1. The Hall–Kier alpha value is -1.79. The predicted molar refractivity (Wildman–Crippen MR) is 167 cm³/mol. The molecule has 1 saturated carbocycles. The molecule has 39 heavy (non-hydrogen) atoms. The second kappa shape index (κ2) is 16.5. The minimum atomic E-state index is -0.318. The maximum Gasteiger partial charge on any atom is 0.305 e. The van der Waals surface area contributed by atoms with Crippen LogP contribution in [0.15, 0.2) is 41.2 Å². The van der Waals surface area contributed by atoms with Gasteiger partial charge in [-0.1, -0.05) is 48.8 Å². The van der Waals surface area contributed by atoms with E-state index in [1.165, 1.54) is 38.2 Å². The molecule has 1 heterocycles. The normalized spacial score (nSPS) is 13.9. The van der Waals surface area contributed by atoms with E-state index in [4.69, 9.17) is 5.73 Å². The quantitative estimate of drug-likeness (QED) is 0.229. The van der Waals surface area contributed by atoms with Gasteiger partial charge in [-0.05, 0) is 55.0 Å². The lowest BCUT2D eigenvalue weighted by atomic mass is 9.93. The van der Waals surface area contributed by atoms with Crippen molar-refractivity contribution in [2.24, 2.45) is 5.73 Å². The van der Waals surface area contributed by atoms with E-state index in [-0.39, 0.29) is 56.3 Å². The standard InChI is InChI=1S/C28H37FN4O3S.2BrH/c29-22-6-4-5-20(19-22)11-14-32(15-13-25(30)35)17-18-33(23-7-2-1-3-8-23)16-12-21-9-10-24(34)26-27(21)37-28(36)31-26;;/h4-6,9-10,19,23,34H,1-3,7-8,11-18H2,(H2,30,35)(H,31,36);2*1H. The number of phenols is 1. The van der Waals surface area contributed by atoms with Crippen molar-refractivity contribution in [3.8, 4) is 5.75 Å². The maximum atomic E-state index is 13.6. The molecule has 4 N–H and O–H groups in total. The minimum Gasteiger partial charge on any atom is -0.506 e. The summed E-state index contributed by atoms with van der Waals surface area (Å²) in [6.07, 6.45) is 7.87. The third-order valence-electron chi connectivity index (χ3n) is 7.38. The molecule has 11 heteroatoms. The molecule has 2 aromatic carbocycles. The number of nitrogens with zero attached hydrogens (tertiary/aromatic N) is 2. The van der Waals surface area contributed by atoms with Crippen LogP contribution < -0.4 is 10.6 Å². The van der Waals surface area contributed by atoms with Crippen molar-refractivity contribution in [3.63, 3.8) is 0 Å². The lowest BCUT2D eigenvalue weighted by Crippen LogP contribution is -2.44. The molecule has 0 aliphatic heterocycles. The molecule has 1 fully saturated rings. The molecule has 0 atom stereocenters. The van der Waals surface area contributed by atoms with Gasteiger partial charge in [0.2, 0.25) is 5.91 Å². The fraction of sp³-hybridized carbons (Fsp3) is 0.500. The molecule has 0 saturated heterocycles. The number of aromatic amines is 1. The van der Waals surface area contributed by atoms with Crippen LogP contribution in [0.1, 0.15) is 49.7 Å². The Morgan fingerprint density at radius 1 is 1.03 bits per heavy atom. The van der Waals surface area contributed by atoms with E-state index < -0.39 is 0 Å². The van der Waals surface area contributed by atoms with Gasteiger partial charge in [0.15, 0.2) is 0 Å². The smallest absolute Gasteiger partial charge is 0.305 e. The lowest BCUT2D eigenvalue weighted by molar-refractivity contribution is -0.118. The first-order valence-electron chi connectivity index (χ1n) is 13.2. The summed E-state index contributed by atoms with van der Waals surface area (Å²) in [7, 11) is 0. The van der Waals surface area contributed by atoms with Crippen LogP contribution >= 0.6 is 45.3 Å². The predicted octanol–water partition coefficient (Wildman–Crippen LogP) is 5.19. The minimum absolute atomic E-state index is 0. The van der Waals surface area contributed by atoms with Gasteiger partial charge >= 0.3 is 4.87 Å². The zero-order valence-corrected chi connectivity index (χ0v) is 26.3. The second-order valence-electron chi connectivity index (χ2n) is 9.98. The molecule has 4 rings (SSSR count). The number of aromatic nitrogens is 1. The van der Waals surface area contributed by atoms with Crippen molar-refractivity contribution >= 4 is 61.4 Å². The molecule has 1 amide bonds. The number of nitrogens with one attached hydrogen (secondary N) is 1. The monoisotopic (exact) mass is 688 g/mol. The van der Waals surface area contributed by atoms with Crippen molar-refractivity contribution in [1.29, 1.82) is 0 Å². The van der Waals surface area contributed by atoms with E-state index in [0.717, 1.165) is 59.8 Å². The van der Waals surface area contributed by atoms with Crippen molar-refractivity contribution < 1.29 is 14.3 Å². The average Bonchev–Trinajstić information content (AvgIpc) is 3.29. The largest absolute Gasteiger partial charge is 0.506 e. The zero-order valence-electron chi connectivity index (χ0n) is 22.1. The van der Waals surface area contributed by atoms with Gasteiger partial charge in [-0.15, -0.1) is 34.0 Å². The first kappa shape index (κ1) is 33.4. The number of halogens is 3. The van der Waals surface area contributed by atoms with Crippen LogP contribution in [0.25, 0.3) is 10.2 Å². The van der Waals surface area contributed by atoms with Crippen molar-refractivity contribution in [3.05, 3.63) is 63.0 Å². The molecule has 1 aromatic heterocycles. The molecule has 1 aliphatic rings. The third kappa shape index (κ3) is 9.97. The molecule has 7 nitrogen and oxygen atoms in total. The number of H-pyrrole nitrogens is 1. The highest BCUT2D eigenvalue weighted by atomic mass is 79.9. The summed E-state index contributed by atoms with van der Waals surface area (Å²) in [6, 6.07) is 10.7. The van der Waals surface area contributed by atoms with Gasteiger partial charge in [0.05, 0.1) is 4.70 Å². The number of thiazole rings is 1. The third-order valence-corrected chi connectivity index (χ3v) is 8.34. The van der Waals surface area contributed by atoms with Crippen LogP contribution in [0.4, 0.5) is 4.39 Å². The first-order valence-corrected chi connectivity index (χ1v) is 14.0. The SMILES string of the molecule is Br.Br.NC(=O)CCN(CCc1cccc(F)c1)CCN(CCc1ccc(O)c2[nH]c(=O)sc12)C1CCCCC1. The van der Waals surface area contributed by atoms with Gasteiger partial charge in [0, 0.05) is 45.2 Å². The zero-order chi connectivity index (χ0) is 26.2. The molecular formula is C28H39Br2FN4O3S. The molecule has 1 aliphatic carbocycles. The molecule has 3 aromatic rings. The maximum absolute atomic E-state index is 13.6. The summed E-state index contributed by atoms with van der Waals surface area (Å²) >= 11 is 1.14. The van der Waals surface area contributed by atoms with E-state index in [1.54, 1.807) is 18.2 Å². The summed E-state index contributed by atoms with van der Waals surface area (Å²) in [5, 5.41) is 10.1. The molecule has 0 unspecified atom stereocenters. The second-order valence-corrected chi connectivity index (χ2v) is 11.0. The Balaban J connectivity index is 0.00000267. The highest BCUT2D eigenvalue weighted by Gasteiger charge is 2.22. The summed E-state index contributed by atoms with van der Waals surface area (Å²) in [4.78, 5) is 30.8. The summed E-state index contributed by atoms with van der Waals surface area (Å²) < 4.78 is 14.5. The molecular weight excluding hydrogens is 651 g/mol. The highest BCUT2D eigenvalue weighted by Crippen LogP contribution is 2.29. The van der Waals surface area contributed by atoms with Gasteiger partial charge in [0.25, 0.3) is 0 Å². The fourth-order valence-corrected chi connectivity index (χ4v) is 6.21. The van der Waals surface area contributed by atoms with Crippen LogP contribution in [-0.4, -0.2) is 64.6 Å². The Bertz CT molecular complexity index is 1250. The van der Waals surface area contributed by atoms with Gasteiger partial charge in [-0.3, -0.25) is 14.5 Å². The number of fused-ring (bicyclic) bond motifs is 1. The first-order chi connectivity index (χ1) is 17.9. The summed E-state index contributed by atoms with van der Waals surface area (Å²) in [5.74, 6) is -0.452. The number of aromatic hydroxyl groups is 1. The Labute approximate surface area is 254 Å². The van der Waals surface area contributed by atoms with Crippen LogP contribution in [0, 0.1) is 5.82 Å². The summed E-state index contributed by atoms with van der Waals surface area (Å²) in [5.41, 5.74) is 7.97. The van der Waals surface area contributed by atoms with Crippen LogP contribution in [0.2, 0.25) is 0 Å². The van der Waals surface area contributed by atoms with Crippen LogP contribution in [-0.2, 0) is 17.6 Å². The number of benzene rings is 2. The number of phenolic OH excluding ortho intramolecular Hbond substituents is 1. The van der Waals surface area contributed by atoms with Crippen LogP contribution in [0.5, 0.6) is 5.75 Å². The molecule has 0 radical (unpaired) electrons. The van der Waals surface area contributed by atoms with E-state index in [2.05, 4.69) is 14.8 Å². The van der Waals surface area contributed by atoms with Crippen molar-refractivity contribution in [2.75, 3.05) is 32.7 Å². The topological polar surface area (TPSA) is 103 Å². The number of carbonyl (C=O) groups is 1. The molecule has 0 spiro atoms. The van der Waals surface area contributed by atoms with E-state index >= 15 is 0 Å². The number of rotatable bonds is 13. The summed E-state index contributed by atoms with van der Waals surface area (Å²) in [6.45, 7) is 3.81. The Morgan fingerprint density at radius 3 is 2.51 bits per heavy atom. The molecule has 216 valence electrons. The number of hydrogen-bond donors (Lipinski definition) is 3. The molecule has 0 bridgehead atoms. The number of amides is 1. The Kier molecular flexibility index (Phi) is 14.1. The van der Waals surface area contributed by atoms with Gasteiger partial charge in [0.1, 0.15) is 17.1 Å². The number of primary amides is 1. The van der Waals surface area contributed by atoms with E-state index in [9.17, 15) is 19.1 Å². The Morgan fingerprint density at radius 2 is 1.79 bits per heavy atom. The van der Waals surface area contributed by atoms with Gasteiger partial charge in [-0.25, -0.2) is 4.39 Å². The number of hydrogen-bond acceptors (Lipinski definition) is 6. The number of nitrogens with two attached hydrogens (primary N) is 1. The average molecular weight is 691 g/mol. The fourth-order valence-electron chi connectivity index (χ4n) is 5.31. The lowest BCUT2D eigenvalue weighted by Gasteiger charge is -2.36. The van der Waals surface area contributed by atoms with Crippen molar-refractivity contribution in [2.45, 2.75) is 57.4 Å².